The van der Waals surface area contributed by atoms with E-state index in [0.717, 1.165) is 5.56 Å². The standard InChI is InChI=1S/C13H16FNO3/c1-17-12-8-15(7-11(12)14)13(16)18-9-10-5-3-2-4-6-10/h2-6,11-12H,7-9H2,1H3/t11-,12+/m1/s1. The normalized spacial score (nSPS) is 23.1. The fourth-order valence-corrected chi connectivity index (χ4v) is 1.92. The molecule has 2 atom stereocenters. The van der Waals surface area contributed by atoms with Gasteiger partial charge in [0.05, 0.1) is 13.1 Å². The average molecular weight is 253 g/mol. The summed E-state index contributed by atoms with van der Waals surface area (Å²) in [5, 5.41) is 0. The van der Waals surface area contributed by atoms with Crippen molar-refractivity contribution in [3.05, 3.63) is 35.9 Å². The highest BCUT2D eigenvalue weighted by molar-refractivity contribution is 5.68. The molecule has 1 aromatic rings. The zero-order valence-corrected chi connectivity index (χ0v) is 10.2. The van der Waals surface area contributed by atoms with Crippen LogP contribution in [-0.4, -0.2) is 43.5 Å². The lowest BCUT2D eigenvalue weighted by atomic mass is 10.2. The first-order chi connectivity index (χ1) is 8.70. The fraction of sp³-hybridized carbons (Fsp3) is 0.462. The predicted molar refractivity (Wildman–Crippen MR) is 63.9 cm³/mol. The molecule has 1 aromatic carbocycles. The Labute approximate surface area is 105 Å². The van der Waals surface area contributed by atoms with Crippen LogP contribution in [0.1, 0.15) is 5.56 Å². The molecule has 98 valence electrons. The number of methoxy groups -OCH3 is 1. The Hall–Kier alpha value is -1.62. The van der Waals surface area contributed by atoms with Crippen LogP contribution < -0.4 is 0 Å². The van der Waals surface area contributed by atoms with Crippen LogP contribution >= 0.6 is 0 Å². The van der Waals surface area contributed by atoms with Crippen LogP contribution in [0.5, 0.6) is 0 Å². The Morgan fingerprint density at radius 3 is 2.72 bits per heavy atom. The largest absolute Gasteiger partial charge is 0.445 e. The molecule has 1 heterocycles. The van der Waals surface area contributed by atoms with Crippen molar-refractivity contribution in [1.29, 1.82) is 0 Å². The Kier molecular flexibility index (Phi) is 4.15. The van der Waals surface area contributed by atoms with Gasteiger partial charge in [-0.3, -0.25) is 0 Å². The first-order valence-corrected chi connectivity index (χ1v) is 5.83. The minimum absolute atomic E-state index is 0.0339. The maximum Gasteiger partial charge on any atom is 0.410 e. The van der Waals surface area contributed by atoms with E-state index in [2.05, 4.69) is 0 Å². The zero-order valence-electron chi connectivity index (χ0n) is 10.2. The van der Waals surface area contributed by atoms with Crippen LogP contribution in [0.2, 0.25) is 0 Å². The molecule has 18 heavy (non-hydrogen) atoms. The van der Waals surface area contributed by atoms with Gasteiger partial charge in [0.2, 0.25) is 0 Å². The molecule has 0 radical (unpaired) electrons. The van der Waals surface area contributed by atoms with Gasteiger partial charge in [-0.25, -0.2) is 9.18 Å². The number of alkyl halides is 1. The van der Waals surface area contributed by atoms with E-state index in [-0.39, 0.29) is 19.7 Å². The quantitative estimate of drug-likeness (QED) is 0.827. The number of rotatable bonds is 3. The highest BCUT2D eigenvalue weighted by atomic mass is 19.1. The van der Waals surface area contributed by atoms with Crippen molar-refractivity contribution in [2.24, 2.45) is 0 Å². The van der Waals surface area contributed by atoms with Crippen molar-refractivity contribution in [3.8, 4) is 0 Å². The van der Waals surface area contributed by atoms with Gasteiger partial charge < -0.3 is 14.4 Å². The molecule has 5 heteroatoms. The van der Waals surface area contributed by atoms with Gasteiger partial charge in [-0.2, -0.15) is 0 Å². The third kappa shape index (κ3) is 2.98. The van der Waals surface area contributed by atoms with Crippen LogP contribution in [0.15, 0.2) is 30.3 Å². The summed E-state index contributed by atoms with van der Waals surface area (Å²) < 4.78 is 23.4. The Balaban J connectivity index is 1.82. The molecule has 0 unspecified atom stereocenters. The van der Waals surface area contributed by atoms with Crippen LogP contribution in [0.25, 0.3) is 0 Å². The van der Waals surface area contributed by atoms with Gasteiger partial charge in [0.15, 0.2) is 0 Å². The molecular formula is C13H16FNO3. The van der Waals surface area contributed by atoms with Gasteiger partial charge in [-0.05, 0) is 5.56 Å². The second-order valence-electron chi connectivity index (χ2n) is 4.24. The van der Waals surface area contributed by atoms with Gasteiger partial charge in [0, 0.05) is 7.11 Å². The molecule has 1 amide bonds. The van der Waals surface area contributed by atoms with Crippen molar-refractivity contribution >= 4 is 6.09 Å². The maximum atomic E-state index is 13.4. The molecule has 0 aliphatic carbocycles. The SMILES string of the molecule is CO[C@H]1CN(C(=O)OCc2ccccc2)C[C@H]1F. The van der Waals surface area contributed by atoms with E-state index in [1.54, 1.807) is 0 Å². The van der Waals surface area contributed by atoms with E-state index in [4.69, 9.17) is 9.47 Å². The number of benzene rings is 1. The molecule has 0 aromatic heterocycles. The fourth-order valence-electron chi connectivity index (χ4n) is 1.92. The van der Waals surface area contributed by atoms with E-state index < -0.39 is 18.4 Å². The summed E-state index contributed by atoms with van der Waals surface area (Å²) >= 11 is 0. The Bertz CT molecular complexity index is 398. The third-order valence-electron chi connectivity index (χ3n) is 2.96. The molecule has 1 saturated heterocycles. The number of carbonyl (C=O) groups is 1. The maximum absolute atomic E-state index is 13.4. The Morgan fingerprint density at radius 2 is 2.11 bits per heavy atom. The monoisotopic (exact) mass is 253 g/mol. The molecule has 0 saturated carbocycles. The summed E-state index contributed by atoms with van der Waals surface area (Å²) in [7, 11) is 1.44. The molecule has 1 aliphatic rings. The smallest absolute Gasteiger partial charge is 0.410 e. The van der Waals surface area contributed by atoms with Gasteiger partial charge in [0.1, 0.15) is 18.9 Å². The van der Waals surface area contributed by atoms with Crippen molar-refractivity contribution in [2.45, 2.75) is 18.9 Å². The molecule has 0 N–H and O–H groups in total. The number of likely N-dealkylation sites (tertiary alicyclic amines) is 1. The van der Waals surface area contributed by atoms with Crippen LogP contribution in [0, 0.1) is 0 Å². The van der Waals surface area contributed by atoms with Gasteiger partial charge in [0.25, 0.3) is 0 Å². The van der Waals surface area contributed by atoms with E-state index in [1.165, 1.54) is 12.0 Å². The van der Waals surface area contributed by atoms with Crippen LogP contribution in [-0.2, 0) is 16.1 Å². The number of amides is 1. The lowest BCUT2D eigenvalue weighted by Crippen LogP contribution is -2.30. The molecule has 1 fully saturated rings. The number of hydrogen-bond donors (Lipinski definition) is 0. The van der Waals surface area contributed by atoms with Gasteiger partial charge in [-0.15, -0.1) is 0 Å². The molecule has 4 nitrogen and oxygen atoms in total. The first kappa shape index (κ1) is 12.8. The van der Waals surface area contributed by atoms with Crippen molar-refractivity contribution in [1.82, 2.24) is 4.90 Å². The number of hydrogen-bond acceptors (Lipinski definition) is 3. The first-order valence-electron chi connectivity index (χ1n) is 5.83. The minimum atomic E-state index is -1.14. The number of carbonyl (C=O) groups excluding carboxylic acids is 1. The van der Waals surface area contributed by atoms with Crippen molar-refractivity contribution in [2.75, 3.05) is 20.2 Å². The predicted octanol–water partition coefficient (Wildman–Crippen LogP) is 1.99. The van der Waals surface area contributed by atoms with Crippen LogP contribution in [0.4, 0.5) is 9.18 Å². The van der Waals surface area contributed by atoms with Crippen molar-refractivity contribution < 1.29 is 18.7 Å². The highest BCUT2D eigenvalue weighted by Crippen LogP contribution is 2.17. The second-order valence-corrected chi connectivity index (χ2v) is 4.24. The van der Waals surface area contributed by atoms with E-state index in [1.807, 2.05) is 30.3 Å². The molecule has 2 rings (SSSR count). The minimum Gasteiger partial charge on any atom is -0.445 e. The van der Waals surface area contributed by atoms with Crippen molar-refractivity contribution in [3.63, 3.8) is 0 Å². The second kappa shape index (κ2) is 5.82. The van der Waals surface area contributed by atoms with E-state index in [9.17, 15) is 9.18 Å². The van der Waals surface area contributed by atoms with Gasteiger partial charge in [-0.1, -0.05) is 30.3 Å². The molecule has 1 aliphatic heterocycles. The zero-order chi connectivity index (χ0) is 13.0. The summed E-state index contributed by atoms with van der Waals surface area (Å²) in [5.41, 5.74) is 0.908. The van der Waals surface area contributed by atoms with E-state index in [0.29, 0.717) is 0 Å². The summed E-state index contributed by atoms with van der Waals surface area (Å²) in [6.45, 7) is 0.474. The van der Waals surface area contributed by atoms with Gasteiger partial charge >= 0.3 is 6.09 Å². The lowest BCUT2D eigenvalue weighted by Gasteiger charge is -2.15. The Morgan fingerprint density at radius 1 is 1.39 bits per heavy atom. The lowest BCUT2D eigenvalue weighted by molar-refractivity contribution is 0.0602. The average Bonchev–Trinajstić information content (AvgIpc) is 2.78. The van der Waals surface area contributed by atoms with E-state index >= 15 is 0 Å². The van der Waals surface area contributed by atoms with Crippen LogP contribution in [0.3, 0.4) is 0 Å². The summed E-state index contributed by atoms with van der Waals surface area (Å²) in [5.74, 6) is 0. The number of nitrogens with zero attached hydrogens (tertiary/aromatic N) is 1. The molecule has 0 bridgehead atoms. The number of halogens is 1. The number of ether oxygens (including phenoxy) is 2. The molecule has 0 spiro atoms. The summed E-state index contributed by atoms with van der Waals surface area (Å²) in [6.07, 6.45) is -2.19. The molecular weight excluding hydrogens is 237 g/mol. The summed E-state index contributed by atoms with van der Waals surface area (Å²) in [6, 6.07) is 9.37. The highest BCUT2D eigenvalue weighted by Gasteiger charge is 2.36. The topological polar surface area (TPSA) is 38.8 Å². The summed E-state index contributed by atoms with van der Waals surface area (Å²) in [4.78, 5) is 13.0. The third-order valence-corrected chi connectivity index (χ3v) is 2.96.